The highest BCUT2D eigenvalue weighted by atomic mass is 35.5. The molecule has 0 radical (unpaired) electrons. The van der Waals surface area contributed by atoms with E-state index in [1.165, 1.54) is 0 Å². The van der Waals surface area contributed by atoms with Crippen LogP contribution >= 0.6 is 11.6 Å². The number of halogens is 15. The molecule has 0 amide bonds. The molecule has 0 N–H and O–H groups in total. The molecule has 0 aromatic rings. The second-order valence-electron chi connectivity index (χ2n) is 4.86. The number of alkyl halides is 14. The van der Waals surface area contributed by atoms with Crippen LogP contribution in [-0.2, 0) is 4.74 Å². The molecule has 1 aliphatic carbocycles. The first-order valence-electron chi connectivity index (χ1n) is 5.78. The van der Waals surface area contributed by atoms with Crippen molar-refractivity contribution in [3.63, 3.8) is 0 Å². The summed E-state index contributed by atoms with van der Waals surface area (Å²) in [5, 5.41) is -2.85. The third kappa shape index (κ3) is 2.76. The Morgan fingerprint density at radius 3 is 1.58 bits per heavy atom. The van der Waals surface area contributed by atoms with Crippen molar-refractivity contribution >= 4 is 11.6 Å². The van der Waals surface area contributed by atoms with Gasteiger partial charge in [-0.1, -0.05) is 11.6 Å². The lowest BCUT2D eigenvalue weighted by Crippen LogP contribution is -2.59. The maximum atomic E-state index is 13.2. The van der Waals surface area contributed by atoms with Crippen molar-refractivity contribution in [1.82, 2.24) is 0 Å². The Hall–Kier alpha value is -1.15. The molecule has 0 aromatic carbocycles. The molecule has 26 heavy (non-hydrogen) atoms. The standard InChI is InChI=1S/C10H3ClF14O/c11-2-3(7(18,19)10(24,25)6(2,16)17)26-1-5(14,15)9(22,23)8(20,21)4(12)13/h4H,1H2. The molecule has 0 aromatic heterocycles. The van der Waals surface area contributed by atoms with Crippen LogP contribution in [0.2, 0.25) is 0 Å². The molecular formula is C10H3ClF14O. The summed E-state index contributed by atoms with van der Waals surface area (Å²) in [6.45, 7) is -3.37. The van der Waals surface area contributed by atoms with E-state index in [-0.39, 0.29) is 0 Å². The van der Waals surface area contributed by atoms with Gasteiger partial charge in [0.25, 0.3) is 0 Å². The first kappa shape index (κ1) is 22.9. The van der Waals surface area contributed by atoms with Crippen LogP contribution in [0.15, 0.2) is 10.8 Å². The third-order valence-electron chi connectivity index (χ3n) is 3.10. The van der Waals surface area contributed by atoms with E-state index in [0.717, 1.165) is 0 Å². The molecular weight excluding hydrogens is 438 g/mol. The number of hydrogen-bond acceptors (Lipinski definition) is 1. The minimum atomic E-state index is -6.93. The van der Waals surface area contributed by atoms with Crippen LogP contribution in [0.1, 0.15) is 0 Å². The normalized spacial score (nSPS) is 22.9. The molecule has 0 saturated heterocycles. The van der Waals surface area contributed by atoms with Gasteiger partial charge in [-0.25, -0.2) is 8.78 Å². The average molecular weight is 441 g/mol. The first-order chi connectivity index (χ1) is 11.2. The summed E-state index contributed by atoms with van der Waals surface area (Å²) in [4.78, 5) is 0. The summed E-state index contributed by atoms with van der Waals surface area (Å²) in [5.41, 5.74) is 0. The Labute approximate surface area is 138 Å². The van der Waals surface area contributed by atoms with Crippen molar-refractivity contribution in [3.8, 4) is 0 Å². The quantitative estimate of drug-likeness (QED) is 0.493. The van der Waals surface area contributed by atoms with Crippen molar-refractivity contribution in [2.24, 2.45) is 0 Å². The molecule has 154 valence electrons. The van der Waals surface area contributed by atoms with Gasteiger partial charge < -0.3 is 4.74 Å². The van der Waals surface area contributed by atoms with Gasteiger partial charge in [0.15, 0.2) is 12.4 Å². The van der Waals surface area contributed by atoms with Crippen LogP contribution in [0.25, 0.3) is 0 Å². The Bertz CT molecular complexity index is 595. The zero-order chi connectivity index (χ0) is 21.1. The lowest BCUT2D eigenvalue weighted by molar-refractivity contribution is -0.346. The van der Waals surface area contributed by atoms with Crippen LogP contribution in [0.4, 0.5) is 61.5 Å². The summed E-state index contributed by atoms with van der Waals surface area (Å²) in [5.74, 6) is -41.4. The van der Waals surface area contributed by atoms with Gasteiger partial charge in [0, 0.05) is 0 Å². The number of allylic oxidation sites excluding steroid dienone is 2. The Kier molecular flexibility index (Phi) is 5.22. The van der Waals surface area contributed by atoms with E-state index in [1.807, 2.05) is 0 Å². The SMILES string of the molecule is FC(F)C(F)(F)C(F)(F)C(F)(F)COC1=C(Cl)C(F)(F)C(F)(F)C1(F)F. The fourth-order valence-electron chi connectivity index (χ4n) is 1.55. The van der Waals surface area contributed by atoms with Gasteiger partial charge in [-0.3, -0.25) is 0 Å². The molecule has 1 aliphatic rings. The summed E-state index contributed by atoms with van der Waals surface area (Å²) in [6.07, 6.45) is -5.35. The predicted molar refractivity (Wildman–Crippen MR) is 54.5 cm³/mol. The third-order valence-corrected chi connectivity index (χ3v) is 3.51. The zero-order valence-electron chi connectivity index (χ0n) is 11.4. The molecule has 16 heteroatoms. The Morgan fingerprint density at radius 2 is 1.27 bits per heavy atom. The van der Waals surface area contributed by atoms with E-state index < -0.39 is 59.4 Å². The smallest absolute Gasteiger partial charge is 0.384 e. The average Bonchev–Trinajstić information content (AvgIpc) is 2.53. The van der Waals surface area contributed by atoms with E-state index in [1.54, 1.807) is 0 Å². The van der Waals surface area contributed by atoms with Gasteiger partial charge in [-0.05, 0) is 0 Å². The monoisotopic (exact) mass is 440 g/mol. The summed E-state index contributed by atoms with van der Waals surface area (Å²) >= 11 is 4.47. The van der Waals surface area contributed by atoms with Gasteiger partial charge in [-0.2, -0.15) is 52.7 Å². The summed E-state index contributed by atoms with van der Waals surface area (Å²) < 4.78 is 182. The van der Waals surface area contributed by atoms with Crippen molar-refractivity contribution < 1.29 is 66.2 Å². The van der Waals surface area contributed by atoms with Gasteiger partial charge in [0.2, 0.25) is 0 Å². The first-order valence-corrected chi connectivity index (χ1v) is 6.16. The number of rotatable bonds is 6. The molecule has 0 spiro atoms. The summed E-state index contributed by atoms with van der Waals surface area (Å²) in [7, 11) is 0. The van der Waals surface area contributed by atoms with Crippen LogP contribution in [0.3, 0.4) is 0 Å². The summed E-state index contributed by atoms with van der Waals surface area (Å²) in [6, 6.07) is 0. The number of hydrogen-bond donors (Lipinski definition) is 0. The molecule has 0 heterocycles. The zero-order valence-corrected chi connectivity index (χ0v) is 12.1. The lowest BCUT2D eigenvalue weighted by atomic mass is 10.1. The lowest BCUT2D eigenvalue weighted by Gasteiger charge is -2.32. The van der Waals surface area contributed by atoms with Gasteiger partial charge in [0.1, 0.15) is 5.03 Å². The maximum Gasteiger partial charge on any atom is 0.384 e. The van der Waals surface area contributed by atoms with Crippen LogP contribution in [0, 0.1) is 0 Å². The maximum absolute atomic E-state index is 13.2. The van der Waals surface area contributed by atoms with Crippen LogP contribution < -0.4 is 0 Å². The van der Waals surface area contributed by atoms with Gasteiger partial charge in [-0.15, -0.1) is 0 Å². The molecule has 0 saturated carbocycles. The van der Waals surface area contributed by atoms with E-state index >= 15 is 0 Å². The topological polar surface area (TPSA) is 9.23 Å². The van der Waals surface area contributed by atoms with Crippen molar-refractivity contribution in [2.75, 3.05) is 6.61 Å². The fraction of sp³-hybridized carbons (Fsp3) is 0.800. The predicted octanol–water partition coefficient (Wildman–Crippen LogP) is 5.54. The highest BCUT2D eigenvalue weighted by molar-refractivity contribution is 6.31. The minimum absolute atomic E-state index is 2.85. The molecule has 1 nitrogen and oxygen atoms in total. The Morgan fingerprint density at radius 1 is 0.846 bits per heavy atom. The molecule has 0 bridgehead atoms. The van der Waals surface area contributed by atoms with Crippen molar-refractivity contribution in [2.45, 2.75) is 42.0 Å². The van der Waals surface area contributed by atoms with E-state index in [9.17, 15) is 61.5 Å². The van der Waals surface area contributed by atoms with E-state index in [4.69, 9.17) is 0 Å². The second-order valence-corrected chi connectivity index (χ2v) is 5.24. The van der Waals surface area contributed by atoms with E-state index in [2.05, 4.69) is 16.3 Å². The van der Waals surface area contributed by atoms with Gasteiger partial charge in [0.05, 0.1) is 0 Å². The molecule has 0 fully saturated rings. The highest BCUT2D eigenvalue weighted by Gasteiger charge is 2.82. The van der Waals surface area contributed by atoms with Gasteiger partial charge >= 0.3 is 42.0 Å². The molecule has 0 atom stereocenters. The number of ether oxygens (including phenoxy) is 1. The van der Waals surface area contributed by atoms with Crippen LogP contribution in [0.5, 0.6) is 0 Å². The fourth-order valence-corrected chi connectivity index (χ4v) is 1.84. The van der Waals surface area contributed by atoms with E-state index in [0.29, 0.717) is 0 Å². The molecule has 0 aliphatic heterocycles. The molecule has 0 unspecified atom stereocenters. The second kappa shape index (κ2) is 5.92. The van der Waals surface area contributed by atoms with Crippen LogP contribution in [-0.4, -0.2) is 48.6 Å². The van der Waals surface area contributed by atoms with Crippen molar-refractivity contribution in [1.29, 1.82) is 0 Å². The Balaban J connectivity index is 3.21. The highest BCUT2D eigenvalue weighted by Crippen LogP contribution is 2.61. The minimum Gasteiger partial charge on any atom is -0.483 e. The van der Waals surface area contributed by atoms with Crippen molar-refractivity contribution in [3.05, 3.63) is 10.8 Å². The largest absolute Gasteiger partial charge is 0.483 e. The molecule has 1 rings (SSSR count).